The van der Waals surface area contributed by atoms with Crippen molar-refractivity contribution < 1.29 is 5.11 Å². The van der Waals surface area contributed by atoms with Crippen molar-refractivity contribution in [2.45, 2.75) is 102 Å². The molecule has 1 nitrogen and oxygen atoms in total. The standard InChI is InChI=1S/C18H22.C5H12.C3H8O.C3H6.C2H6/c1-14(18(2,3)4)15-10-12-17(13-11-15)16-8-6-5-7-9-16;1-5(2,3)4;1-3(2)4;1-3-2;1-2/h5-14H,1-4H3;1-4H3;3-4H,1-2H3;3H,1H2,2H3;1-2H3. The maximum Gasteiger partial charge on any atom is 0.0483 e. The van der Waals surface area contributed by atoms with Gasteiger partial charge < -0.3 is 5.11 Å². The second kappa shape index (κ2) is 18.7. The van der Waals surface area contributed by atoms with E-state index < -0.39 is 0 Å². The summed E-state index contributed by atoms with van der Waals surface area (Å²) in [5, 5.41) is 8.06. The second-order valence-corrected chi connectivity index (χ2v) is 10.6. The van der Waals surface area contributed by atoms with Crippen LogP contribution in [0.4, 0.5) is 0 Å². The van der Waals surface area contributed by atoms with Crippen molar-refractivity contribution in [1.29, 1.82) is 0 Å². The van der Waals surface area contributed by atoms with Crippen LogP contribution in [0.2, 0.25) is 0 Å². The molecule has 1 heteroatoms. The maximum absolute atomic E-state index is 8.06. The Morgan fingerprint density at radius 1 is 0.719 bits per heavy atom. The molecule has 0 fully saturated rings. The second-order valence-electron chi connectivity index (χ2n) is 10.6. The zero-order chi connectivity index (χ0) is 26.0. The fraction of sp³-hybridized carbons (Fsp3) is 0.548. The molecule has 0 heterocycles. The van der Waals surface area contributed by atoms with Gasteiger partial charge in [-0.25, -0.2) is 0 Å². The number of aliphatic hydroxyl groups is 1. The first-order valence-corrected chi connectivity index (χ1v) is 12.0. The van der Waals surface area contributed by atoms with Gasteiger partial charge in [0, 0.05) is 6.10 Å². The van der Waals surface area contributed by atoms with Gasteiger partial charge in [0.05, 0.1) is 0 Å². The average molecular weight is 443 g/mol. The Morgan fingerprint density at radius 2 is 1.00 bits per heavy atom. The molecule has 0 spiro atoms. The van der Waals surface area contributed by atoms with Crippen molar-refractivity contribution in [2.75, 3.05) is 0 Å². The number of rotatable bonds is 2. The molecule has 1 unspecified atom stereocenters. The number of hydrogen-bond donors (Lipinski definition) is 1. The van der Waals surface area contributed by atoms with E-state index in [1.165, 1.54) is 16.7 Å². The summed E-state index contributed by atoms with van der Waals surface area (Å²) < 4.78 is 0. The summed E-state index contributed by atoms with van der Waals surface area (Å²) in [7, 11) is 0. The lowest BCUT2D eigenvalue weighted by Gasteiger charge is -2.27. The predicted octanol–water partition coefficient (Wildman–Crippen LogP) is 10.2. The molecule has 32 heavy (non-hydrogen) atoms. The minimum atomic E-state index is -0.167. The molecule has 2 aromatic carbocycles. The first-order chi connectivity index (χ1) is 14.6. The molecule has 184 valence electrons. The normalized spacial score (nSPS) is 11.1. The van der Waals surface area contributed by atoms with Gasteiger partial charge >= 0.3 is 0 Å². The summed E-state index contributed by atoms with van der Waals surface area (Å²) in [5.74, 6) is 0.572. The fourth-order valence-corrected chi connectivity index (χ4v) is 2.09. The molecule has 0 saturated carbocycles. The van der Waals surface area contributed by atoms with E-state index in [9.17, 15) is 0 Å². The summed E-state index contributed by atoms with van der Waals surface area (Å²) in [6, 6.07) is 19.5. The molecule has 0 radical (unpaired) electrons. The lowest BCUT2D eigenvalue weighted by molar-refractivity contribution is 0.216. The first kappa shape index (κ1) is 34.7. The molecule has 1 N–H and O–H groups in total. The van der Waals surface area contributed by atoms with Crippen LogP contribution in [0.15, 0.2) is 67.3 Å². The summed E-state index contributed by atoms with van der Waals surface area (Å²) in [6.45, 7) is 30.6. The minimum Gasteiger partial charge on any atom is -0.394 e. The molecule has 0 amide bonds. The number of hydrogen-bond acceptors (Lipinski definition) is 1. The van der Waals surface area contributed by atoms with Gasteiger partial charge in [-0.3, -0.25) is 0 Å². The van der Waals surface area contributed by atoms with E-state index in [2.05, 4.69) is 117 Å². The summed E-state index contributed by atoms with van der Waals surface area (Å²) in [6.07, 6.45) is 1.58. The van der Waals surface area contributed by atoms with Gasteiger partial charge in [0.15, 0.2) is 0 Å². The van der Waals surface area contributed by atoms with E-state index in [1.807, 2.05) is 20.8 Å². The smallest absolute Gasteiger partial charge is 0.0483 e. The summed E-state index contributed by atoms with van der Waals surface area (Å²) in [5.41, 5.74) is 4.81. The maximum atomic E-state index is 8.06. The van der Waals surface area contributed by atoms with E-state index >= 15 is 0 Å². The third-order valence-electron chi connectivity index (χ3n) is 3.82. The van der Waals surface area contributed by atoms with Gasteiger partial charge in [0.1, 0.15) is 0 Å². The number of benzene rings is 2. The zero-order valence-corrected chi connectivity index (χ0v) is 23.6. The molecule has 0 aromatic heterocycles. The van der Waals surface area contributed by atoms with Crippen molar-refractivity contribution in [1.82, 2.24) is 0 Å². The van der Waals surface area contributed by atoms with E-state index in [0.29, 0.717) is 16.7 Å². The largest absolute Gasteiger partial charge is 0.394 e. The topological polar surface area (TPSA) is 20.2 Å². The highest BCUT2D eigenvalue weighted by Gasteiger charge is 2.21. The molecular formula is C31H54O. The quantitative estimate of drug-likeness (QED) is 0.458. The Morgan fingerprint density at radius 3 is 1.28 bits per heavy atom. The molecule has 0 bridgehead atoms. The van der Waals surface area contributed by atoms with Crippen LogP contribution in [0.1, 0.15) is 101 Å². The molecule has 2 aromatic rings. The van der Waals surface area contributed by atoms with Crippen LogP contribution in [0.5, 0.6) is 0 Å². The highest BCUT2D eigenvalue weighted by Crippen LogP contribution is 2.35. The monoisotopic (exact) mass is 442 g/mol. The Kier molecular flexibility index (Phi) is 20.3. The first-order valence-electron chi connectivity index (χ1n) is 12.0. The van der Waals surface area contributed by atoms with Crippen molar-refractivity contribution >= 4 is 0 Å². The third kappa shape index (κ3) is 22.8. The van der Waals surface area contributed by atoms with Crippen LogP contribution in [-0.4, -0.2) is 11.2 Å². The van der Waals surface area contributed by atoms with Gasteiger partial charge in [-0.2, -0.15) is 0 Å². The van der Waals surface area contributed by atoms with Crippen molar-refractivity contribution in [3.63, 3.8) is 0 Å². The average Bonchev–Trinajstić information content (AvgIpc) is 2.68. The van der Waals surface area contributed by atoms with Crippen LogP contribution in [0.3, 0.4) is 0 Å². The summed E-state index contributed by atoms with van der Waals surface area (Å²) >= 11 is 0. The number of aliphatic hydroxyl groups excluding tert-OH is 1. The lowest BCUT2D eigenvalue weighted by atomic mass is 9.77. The Labute approximate surface area is 202 Å². The third-order valence-corrected chi connectivity index (χ3v) is 3.82. The molecule has 0 aliphatic carbocycles. The van der Waals surface area contributed by atoms with E-state index in [1.54, 1.807) is 19.9 Å². The van der Waals surface area contributed by atoms with Crippen molar-refractivity contribution in [2.24, 2.45) is 10.8 Å². The molecule has 0 aliphatic heterocycles. The fourth-order valence-electron chi connectivity index (χ4n) is 2.09. The zero-order valence-electron chi connectivity index (χ0n) is 23.6. The lowest BCUT2D eigenvalue weighted by Crippen LogP contribution is -2.15. The van der Waals surface area contributed by atoms with Gasteiger partial charge in [-0.15, -0.1) is 6.58 Å². The Bertz CT molecular complexity index is 644. The molecule has 0 aliphatic rings. The van der Waals surface area contributed by atoms with E-state index in [-0.39, 0.29) is 6.10 Å². The van der Waals surface area contributed by atoms with E-state index in [0.717, 1.165) is 0 Å². The van der Waals surface area contributed by atoms with Gasteiger partial charge in [0.2, 0.25) is 0 Å². The Hall–Kier alpha value is -1.86. The highest BCUT2D eigenvalue weighted by molar-refractivity contribution is 5.63. The van der Waals surface area contributed by atoms with Crippen LogP contribution in [0, 0.1) is 10.8 Å². The minimum absolute atomic E-state index is 0.167. The van der Waals surface area contributed by atoms with Crippen LogP contribution in [-0.2, 0) is 0 Å². The SMILES string of the molecule is C=CC.CC.CC(C)(C)C.CC(C)O.CC(c1ccc(-c2ccccc2)cc1)C(C)(C)C. The summed E-state index contributed by atoms with van der Waals surface area (Å²) in [4.78, 5) is 0. The van der Waals surface area contributed by atoms with Crippen LogP contribution < -0.4 is 0 Å². The van der Waals surface area contributed by atoms with Gasteiger partial charge in [-0.05, 0) is 54.2 Å². The Balaban J connectivity index is -0.000000497. The molecule has 0 saturated heterocycles. The van der Waals surface area contributed by atoms with Gasteiger partial charge in [0.25, 0.3) is 0 Å². The van der Waals surface area contributed by atoms with Crippen LogP contribution >= 0.6 is 0 Å². The van der Waals surface area contributed by atoms with Crippen molar-refractivity contribution in [3.8, 4) is 11.1 Å². The number of allylic oxidation sites excluding steroid dienone is 1. The predicted molar refractivity (Wildman–Crippen MR) is 149 cm³/mol. The van der Waals surface area contributed by atoms with Crippen LogP contribution in [0.25, 0.3) is 11.1 Å². The molecule has 1 atom stereocenters. The van der Waals surface area contributed by atoms with Gasteiger partial charge in [-0.1, -0.05) is 130 Å². The highest BCUT2D eigenvalue weighted by atomic mass is 16.3. The van der Waals surface area contributed by atoms with Crippen molar-refractivity contribution in [3.05, 3.63) is 72.8 Å². The molecular weight excluding hydrogens is 388 g/mol. The van der Waals surface area contributed by atoms with E-state index in [4.69, 9.17) is 5.11 Å². The molecule has 2 rings (SSSR count).